The Hall–Kier alpha value is -2.33. The van der Waals surface area contributed by atoms with Crippen LogP contribution in [0.2, 0.25) is 5.02 Å². The standard InChI is InChI=1S/C18H19ClN2O2/c1-12-4-7-15(8-5-12)20-18(23)11-21(14(3)22)16-9-6-13(2)17(19)10-16/h4-10H,11H2,1-3H3,(H,20,23). The van der Waals surface area contributed by atoms with E-state index < -0.39 is 0 Å². The lowest BCUT2D eigenvalue weighted by Crippen LogP contribution is -2.36. The molecule has 120 valence electrons. The first kappa shape index (κ1) is 17.0. The number of anilines is 2. The van der Waals surface area contributed by atoms with Gasteiger partial charge in [0.05, 0.1) is 0 Å². The second-order valence-electron chi connectivity index (χ2n) is 5.45. The third kappa shape index (κ3) is 4.57. The summed E-state index contributed by atoms with van der Waals surface area (Å²) in [5.41, 5.74) is 3.34. The van der Waals surface area contributed by atoms with Gasteiger partial charge in [0.15, 0.2) is 0 Å². The van der Waals surface area contributed by atoms with Crippen molar-refractivity contribution in [2.45, 2.75) is 20.8 Å². The van der Waals surface area contributed by atoms with Gasteiger partial charge in [-0.05, 0) is 43.7 Å². The molecule has 0 saturated heterocycles. The van der Waals surface area contributed by atoms with Crippen LogP contribution in [0.3, 0.4) is 0 Å². The lowest BCUT2D eigenvalue weighted by molar-refractivity contribution is -0.120. The average Bonchev–Trinajstić information content (AvgIpc) is 2.50. The smallest absolute Gasteiger partial charge is 0.244 e. The molecule has 4 nitrogen and oxygen atoms in total. The van der Waals surface area contributed by atoms with Crippen molar-refractivity contribution >= 4 is 34.8 Å². The van der Waals surface area contributed by atoms with Gasteiger partial charge in [0.1, 0.15) is 6.54 Å². The van der Waals surface area contributed by atoms with E-state index in [1.165, 1.54) is 11.8 Å². The maximum atomic E-state index is 12.2. The molecule has 1 N–H and O–H groups in total. The maximum Gasteiger partial charge on any atom is 0.244 e. The molecule has 0 fully saturated rings. The number of aryl methyl sites for hydroxylation is 2. The van der Waals surface area contributed by atoms with Crippen LogP contribution >= 0.6 is 11.6 Å². The fourth-order valence-corrected chi connectivity index (χ4v) is 2.29. The topological polar surface area (TPSA) is 49.4 Å². The monoisotopic (exact) mass is 330 g/mol. The Balaban J connectivity index is 2.12. The van der Waals surface area contributed by atoms with E-state index in [1.54, 1.807) is 12.1 Å². The molecule has 0 aliphatic rings. The first-order valence-electron chi connectivity index (χ1n) is 7.27. The summed E-state index contributed by atoms with van der Waals surface area (Å²) in [6, 6.07) is 12.8. The van der Waals surface area contributed by atoms with Crippen LogP contribution in [0.1, 0.15) is 18.1 Å². The summed E-state index contributed by atoms with van der Waals surface area (Å²) in [7, 11) is 0. The highest BCUT2D eigenvalue weighted by Gasteiger charge is 2.16. The van der Waals surface area contributed by atoms with E-state index >= 15 is 0 Å². The molecule has 0 heterocycles. The van der Waals surface area contributed by atoms with Crippen molar-refractivity contribution < 1.29 is 9.59 Å². The van der Waals surface area contributed by atoms with E-state index in [1.807, 2.05) is 44.2 Å². The number of carbonyl (C=O) groups excluding carboxylic acids is 2. The van der Waals surface area contributed by atoms with Gasteiger partial charge in [-0.1, -0.05) is 35.4 Å². The van der Waals surface area contributed by atoms with Crippen LogP contribution in [0.25, 0.3) is 0 Å². The molecule has 2 aromatic carbocycles. The Bertz CT molecular complexity index is 726. The van der Waals surface area contributed by atoms with Crippen molar-refractivity contribution in [1.82, 2.24) is 0 Å². The molecule has 2 amide bonds. The predicted molar refractivity (Wildman–Crippen MR) is 94.0 cm³/mol. The molecule has 2 rings (SSSR count). The predicted octanol–water partition coefficient (Wildman–Crippen LogP) is 3.95. The first-order chi connectivity index (χ1) is 10.9. The summed E-state index contributed by atoms with van der Waals surface area (Å²) < 4.78 is 0. The van der Waals surface area contributed by atoms with Crippen molar-refractivity contribution in [2.24, 2.45) is 0 Å². The highest BCUT2D eigenvalue weighted by molar-refractivity contribution is 6.31. The minimum atomic E-state index is -0.263. The van der Waals surface area contributed by atoms with Gasteiger partial charge in [0.25, 0.3) is 0 Å². The number of halogens is 1. The number of carbonyl (C=O) groups is 2. The average molecular weight is 331 g/mol. The van der Waals surface area contributed by atoms with Crippen LogP contribution in [0.5, 0.6) is 0 Å². The Labute approximate surface area is 141 Å². The van der Waals surface area contributed by atoms with Gasteiger partial charge in [-0.25, -0.2) is 0 Å². The van der Waals surface area contributed by atoms with Crippen molar-refractivity contribution in [3.8, 4) is 0 Å². The summed E-state index contributed by atoms with van der Waals surface area (Å²) in [6.45, 7) is 5.22. The van der Waals surface area contributed by atoms with Gasteiger partial charge in [-0.3, -0.25) is 9.59 Å². The molecule has 0 radical (unpaired) electrons. The van der Waals surface area contributed by atoms with E-state index in [0.29, 0.717) is 16.4 Å². The minimum absolute atomic E-state index is 0.0669. The molecule has 0 bridgehead atoms. The summed E-state index contributed by atoms with van der Waals surface area (Å²) in [6.07, 6.45) is 0. The molecule has 0 spiro atoms. The fraction of sp³-hybridized carbons (Fsp3) is 0.222. The molecule has 0 aromatic heterocycles. The molecule has 5 heteroatoms. The van der Waals surface area contributed by atoms with Gasteiger partial charge >= 0.3 is 0 Å². The van der Waals surface area contributed by atoms with Crippen LogP contribution < -0.4 is 10.2 Å². The molecule has 0 unspecified atom stereocenters. The lowest BCUT2D eigenvalue weighted by Gasteiger charge is -2.21. The second kappa shape index (κ2) is 7.29. The Morgan fingerprint density at radius 2 is 1.74 bits per heavy atom. The first-order valence-corrected chi connectivity index (χ1v) is 7.65. The highest BCUT2D eigenvalue weighted by atomic mass is 35.5. The Kier molecular flexibility index (Phi) is 5.40. The Morgan fingerprint density at radius 1 is 1.09 bits per heavy atom. The molecular formula is C18H19ClN2O2. The second-order valence-corrected chi connectivity index (χ2v) is 5.86. The summed E-state index contributed by atoms with van der Waals surface area (Å²) in [5.74, 6) is -0.482. The summed E-state index contributed by atoms with van der Waals surface area (Å²) in [4.78, 5) is 25.5. The van der Waals surface area contributed by atoms with Crippen molar-refractivity contribution in [3.05, 3.63) is 58.6 Å². The minimum Gasteiger partial charge on any atom is -0.325 e. The third-order valence-corrected chi connectivity index (χ3v) is 3.89. The van der Waals surface area contributed by atoms with E-state index in [-0.39, 0.29) is 18.4 Å². The molecule has 0 aliphatic heterocycles. The summed E-state index contributed by atoms with van der Waals surface area (Å²) >= 11 is 6.11. The molecule has 2 aromatic rings. The summed E-state index contributed by atoms with van der Waals surface area (Å²) in [5, 5.41) is 3.35. The zero-order chi connectivity index (χ0) is 17.0. The zero-order valence-electron chi connectivity index (χ0n) is 13.4. The third-order valence-electron chi connectivity index (χ3n) is 3.48. The lowest BCUT2D eigenvalue weighted by atomic mass is 10.2. The number of amides is 2. The number of rotatable bonds is 4. The van der Waals surface area contributed by atoms with Gasteiger partial charge in [0, 0.05) is 23.3 Å². The molecular weight excluding hydrogens is 312 g/mol. The van der Waals surface area contributed by atoms with Gasteiger partial charge in [-0.15, -0.1) is 0 Å². The van der Waals surface area contributed by atoms with Crippen LogP contribution in [0.4, 0.5) is 11.4 Å². The molecule has 0 aliphatic carbocycles. The van der Waals surface area contributed by atoms with Gasteiger partial charge in [-0.2, -0.15) is 0 Å². The normalized spacial score (nSPS) is 10.3. The van der Waals surface area contributed by atoms with Gasteiger partial charge < -0.3 is 10.2 Å². The van der Waals surface area contributed by atoms with Crippen LogP contribution in [0.15, 0.2) is 42.5 Å². The van der Waals surface area contributed by atoms with Gasteiger partial charge in [0.2, 0.25) is 11.8 Å². The highest BCUT2D eigenvalue weighted by Crippen LogP contribution is 2.23. The Morgan fingerprint density at radius 3 is 2.30 bits per heavy atom. The number of benzene rings is 2. The zero-order valence-corrected chi connectivity index (χ0v) is 14.1. The SMILES string of the molecule is CC(=O)N(CC(=O)Nc1ccc(C)cc1)c1ccc(C)c(Cl)c1. The van der Waals surface area contributed by atoms with E-state index in [0.717, 1.165) is 11.1 Å². The molecule has 0 saturated carbocycles. The van der Waals surface area contributed by atoms with E-state index in [2.05, 4.69) is 5.32 Å². The van der Waals surface area contributed by atoms with Crippen LogP contribution in [0, 0.1) is 13.8 Å². The molecule has 23 heavy (non-hydrogen) atoms. The van der Waals surface area contributed by atoms with Crippen LogP contribution in [-0.4, -0.2) is 18.4 Å². The maximum absolute atomic E-state index is 12.2. The number of hydrogen-bond donors (Lipinski definition) is 1. The quantitative estimate of drug-likeness (QED) is 0.922. The van der Waals surface area contributed by atoms with Crippen molar-refractivity contribution in [2.75, 3.05) is 16.8 Å². The van der Waals surface area contributed by atoms with Crippen LogP contribution in [-0.2, 0) is 9.59 Å². The van der Waals surface area contributed by atoms with E-state index in [9.17, 15) is 9.59 Å². The number of hydrogen-bond acceptors (Lipinski definition) is 2. The number of nitrogens with zero attached hydrogens (tertiary/aromatic N) is 1. The van der Waals surface area contributed by atoms with Crippen molar-refractivity contribution in [1.29, 1.82) is 0 Å². The fourth-order valence-electron chi connectivity index (χ4n) is 2.12. The largest absolute Gasteiger partial charge is 0.325 e. The van der Waals surface area contributed by atoms with Crippen molar-refractivity contribution in [3.63, 3.8) is 0 Å². The van der Waals surface area contributed by atoms with E-state index in [4.69, 9.17) is 11.6 Å². The molecule has 0 atom stereocenters. The number of nitrogens with one attached hydrogen (secondary N) is 1.